The number of ether oxygens (including phenoxy) is 1. The van der Waals surface area contributed by atoms with Gasteiger partial charge in [0.1, 0.15) is 11.6 Å². The number of carbonyl (C=O) groups is 1. The Balaban J connectivity index is 1.45. The van der Waals surface area contributed by atoms with Gasteiger partial charge < -0.3 is 10.1 Å². The maximum absolute atomic E-state index is 12.7. The number of carbonyl (C=O) groups excluding carboxylic acids is 1. The fourth-order valence-electron chi connectivity index (χ4n) is 3.11. The highest BCUT2D eigenvalue weighted by molar-refractivity contribution is 7.92. The number of fused-ring (bicyclic) bond motifs is 1. The molecule has 4 rings (SSSR count). The van der Waals surface area contributed by atoms with Gasteiger partial charge in [-0.05, 0) is 73.7 Å². The van der Waals surface area contributed by atoms with E-state index in [0.29, 0.717) is 29.4 Å². The minimum atomic E-state index is -3.80. The fraction of sp³-hybridized carbons (Fsp3) is 0.0833. The Bertz CT molecular complexity index is 1350. The number of benzene rings is 3. The summed E-state index contributed by atoms with van der Waals surface area (Å²) < 4.78 is 33.2. The van der Waals surface area contributed by atoms with Gasteiger partial charge in [-0.2, -0.15) is 0 Å². The second kappa shape index (κ2) is 9.07. The number of anilines is 2. The number of rotatable bonds is 7. The highest BCUT2D eigenvalue weighted by Gasteiger charge is 2.16. The number of aromatic nitrogens is 1. The standard InChI is InChI=1S/C24H21N3O4S/c1-2-31-20-12-10-19(11-13-20)27-32(29,30)21-14-7-18(8-15-21)24(28)26-23-16-9-17-5-3-4-6-22(17)25-23/h3-16,27H,2H2,1H3,(H,25,26,28). The zero-order valence-corrected chi connectivity index (χ0v) is 18.1. The van der Waals surface area contributed by atoms with Crippen LogP contribution >= 0.6 is 0 Å². The SMILES string of the molecule is CCOc1ccc(NS(=O)(=O)c2ccc(C(=O)Nc3ccc4ccccc4n3)cc2)cc1. The molecule has 0 radical (unpaired) electrons. The topological polar surface area (TPSA) is 97.4 Å². The summed E-state index contributed by atoms with van der Waals surface area (Å²) in [6.07, 6.45) is 0. The van der Waals surface area contributed by atoms with Crippen molar-refractivity contribution in [2.75, 3.05) is 16.6 Å². The van der Waals surface area contributed by atoms with E-state index in [0.717, 1.165) is 10.9 Å². The molecule has 0 atom stereocenters. The first-order valence-corrected chi connectivity index (χ1v) is 11.5. The van der Waals surface area contributed by atoms with Gasteiger partial charge in [0.25, 0.3) is 15.9 Å². The molecule has 3 aromatic carbocycles. The van der Waals surface area contributed by atoms with Crippen LogP contribution in [0.4, 0.5) is 11.5 Å². The first kappa shape index (κ1) is 21.3. The molecule has 0 spiro atoms. The number of nitrogens with one attached hydrogen (secondary N) is 2. The zero-order chi connectivity index (χ0) is 22.6. The average molecular weight is 448 g/mol. The fourth-order valence-corrected chi connectivity index (χ4v) is 4.17. The lowest BCUT2D eigenvalue weighted by molar-refractivity contribution is 0.102. The zero-order valence-electron chi connectivity index (χ0n) is 17.3. The molecule has 0 fully saturated rings. The van der Waals surface area contributed by atoms with Crippen molar-refractivity contribution in [3.05, 3.63) is 90.5 Å². The van der Waals surface area contributed by atoms with Crippen molar-refractivity contribution in [2.45, 2.75) is 11.8 Å². The van der Waals surface area contributed by atoms with Crippen LogP contribution < -0.4 is 14.8 Å². The molecule has 0 aliphatic heterocycles. The van der Waals surface area contributed by atoms with Gasteiger partial charge >= 0.3 is 0 Å². The molecule has 32 heavy (non-hydrogen) atoms. The average Bonchev–Trinajstić information content (AvgIpc) is 2.80. The Morgan fingerprint density at radius 1 is 0.906 bits per heavy atom. The van der Waals surface area contributed by atoms with E-state index in [-0.39, 0.29) is 10.8 Å². The molecule has 0 saturated carbocycles. The van der Waals surface area contributed by atoms with Gasteiger partial charge in [0, 0.05) is 16.6 Å². The Kier molecular flexibility index (Phi) is 6.04. The molecule has 1 aromatic heterocycles. The summed E-state index contributed by atoms with van der Waals surface area (Å²) in [5.41, 5.74) is 1.50. The number of pyridine rings is 1. The van der Waals surface area contributed by atoms with Crippen molar-refractivity contribution in [3.63, 3.8) is 0 Å². The first-order chi connectivity index (χ1) is 15.4. The molecule has 4 aromatic rings. The molecule has 0 aliphatic carbocycles. The van der Waals surface area contributed by atoms with Crippen LogP contribution in [0.5, 0.6) is 5.75 Å². The van der Waals surface area contributed by atoms with Gasteiger partial charge in [-0.3, -0.25) is 9.52 Å². The third kappa shape index (κ3) is 4.87. The quantitative estimate of drug-likeness (QED) is 0.428. The molecule has 0 unspecified atom stereocenters. The molecule has 1 amide bonds. The van der Waals surface area contributed by atoms with Crippen molar-refractivity contribution in [1.82, 2.24) is 4.98 Å². The normalized spacial score (nSPS) is 11.2. The summed E-state index contributed by atoms with van der Waals surface area (Å²) in [5.74, 6) is 0.700. The molecule has 1 heterocycles. The third-order valence-corrected chi connectivity index (χ3v) is 6.08. The molecular weight excluding hydrogens is 426 g/mol. The number of para-hydroxylation sites is 1. The lowest BCUT2D eigenvalue weighted by atomic mass is 10.2. The maximum Gasteiger partial charge on any atom is 0.261 e. The van der Waals surface area contributed by atoms with Crippen molar-refractivity contribution < 1.29 is 17.9 Å². The molecule has 0 bridgehead atoms. The van der Waals surface area contributed by atoms with Gasteiger partial charge in [-0.15, -0.1) is 0 Å². The number of nitrogens with zero attached hydrogens (tertiary/aromatic N) is 1. The molecule has 162 valence electrons. The Labute approximate surface area is 186 Å². The minimum Gasteiger partial charge on any atom is -0.494 e. The van der Waals surface area contributed by atoms with Crippen molar-refractivity contribution in [3.8, 4) is 5.75 Å². The largest absolute Gasteiger partial charge is 0.494 e. The summed E-state index contributed by atoms with van der Waals surface area (Å²) in [6.45, 7) is 2.40. The summed E-state index contributed by atoms with van der Waals surface area (Å²) in [7, 11) is -3.80. The number of hydrogen-bond donors (Lipinski definition) is 2. The first-order valence-electron chi connectivity index (χ1n) is 9.97. The van der Waals surface area contributed by atoms with Crippen LogP contribution in [0, 0.1) is 0 Å². The van der Waals surface area contributed by atoms with E-state index in [9.17, 15) is 13.2 Å². The summed E-state index contributed by atoms with van der Waals surface area (Å²) in [6, 6.07) is 23.5. The van der Waals surface area contributed by atoms with Crippen LogP contribution in [-0.4, -0.2) is 25.9 Å². The lowest BCUT2D eigenvalue weighted by Crippen LogP contribution is -2.15. The summed E-state index contributed by atoms with van der Waals surface area (Å²) in [4.78, 5) is 17.0. The number of sulfonamides is 1. The third-order valence-electron chi connectivity index (χ3n) is 4.68. The van der Waals surface area contributed by atoms with Crippen LogP contribution in [0.3, 0.4) is 0 Å². The van der Waals surface area contributed by atoms with Gasteiger partial charge in [-0.1, -0.05) is 18.2 Å². The smallest absolute Gasteiger partial charge is 0.261 e. The number of amides is 1. The maximum atomic E-state index is 12.7. The summed E-state index contributed by atoms with van der Waals surface area (Å²) in [5, 5.41) is 3.71. The lowest BCUT2D eigenvalue weighted by Gasteiger charge is -2.10. The molecule has 0 aliphatic rings. The van der Waals surface area contributed by atoms with Crippen molar-refractivity contribution in [1.29, 1.82) is 0 Å². The predicted octanol–water partition coefficient (Wildman–Crippen LogP) is 4.69. The Morgan fingerprint density at radius 3 is 2.34 bits per heavy atom. The van der Waals surface area contributed by atoms with E-state index < -0.39 is 10.0 Å². The highest BCUT2D eigenvalue weighted by Crippen LogP contribution is 2.20. The monoisotopic (exact) mass is 447 g/mol. The number of hydrogen-bond acceptors (Lipinski definition) is 5. The van der Waals surface area contributed by atoms with Crippen molar-refractivity contribution >= 4 is 38.3 Å². The molecule has 0 saturated heterocycles. The second-order valence-corrected chi connectivity index (χ2v) is 8.61. The van der Waals surface area contributed by atoms with Crippen LogP contribution in [0.1, 0.15) is 17.3 Å². The Hall–Kier alpha value is -3.91. The van der Waals surface area contributed by atoms with E-state index in [4.69, 9.17) is 4.74 Å². The molecular formula is C24H21N3O4S. The van der Waals surface area contributed by atoms with Gasteiger partial charge in [0.05, 0.1) is 17.0 Å². The van der Waals surface area contributed by atoms with Crippen LogP contribution in [0.25, 0.3) is 10.9 Å². The van der Waals surface area contributed by atoms with Crippen molar-refractivity contribution in [2.24, 2.45) is 0 Å². The second-order valence-electron chi connectivity index (χ2n) is 6.93. The van der Waals surface area contributed by atoms with E-state index in [1.165, 1.54) is 24.3 Å². The van der Waals surface area contributed by atoms with E-state index >= 15 is 0 Å². The molecule has 7 nitrogen and oxygen atoms in total. The van der Waals surface area contributed by atoms with E-state index in [2.05, 4.69) is 15.0 Å². The highest BCUT2D eigenvalue weighted by atomic mass is 32.2. The predicted molar refractivity (Wildman–Crippen MR) is 125 cm³/mol. The van der Waals surface area contributed by atoms with Crippen LogP contribution in [-0.2, 0) is 10.0 Å². The van der Waals surface area contributed by atoms with Crippen LogP contribution in [0.15, 0.2) is 89.8 Å². The van der Waals surface area contributed by atoms with Gasteiger partial charge in [-0.25, -0.2) is 13.4 Å². The van der Waals surface area contributed by atoms with E-state index in [1.54, 1.807) is 30.3 Å². The van der Waals surface area contributed by atoms with Gasteiger partial charge in [0.2, 0.25) is 0 Å². The Morgan fingerprint density at radius 2 is 1.62 bits per heavy atom. The molecule has 2 N–H and O–H groups in total. The molecule has 8 heteroatoms. The minimum absolute atomic E-state index is 0.0479. The van der Waals surface area contributed by atoms with Gasteiger partial charge in [0.15, 0.2) is 0 Å². The summed E-state index contributed by atoms with van der Waals surface area (Å²) >= 11 is 0. The van der Waals surface area contributed by atoms with Crippen LogP contribution in [0.2, 0.25) is 0 Å². The van der Waals surface area contributed by atoms with E-state index in [1.807, 2.05) is 37.3 Å².